The van der Waals surface area contributed by atoms with Crippen LogP contribution in [0.15, 0.2) is 71.6 Å². The molecule has 0 spiro atoms. The van der Waals surface area contributed by atoms with E-state index in [1.807, 2.05) is 55.4 Å². The van der Waals surface area contributed by atoms with Gasteiger partial charge < -0.3 is 19.6 Å². The molecule has 3 aromatic rings. The van der Waals surface area contributed by atoms with E-state index in [-0.39, 0.29) is 5.75 Å². The fourth-order valence-electron chi connectivity index (χ4n) is 7.96. The highest BCUT2D eigenvalue weighted by Gasteiger charge is 2.49. The van der Waals surface area contributed by atoms with E-state index in [0.717, 1.165) is 54.8 Å². The van der Waals surface area contributed by atoms with E-state index >= 15 is 0 Å². The lowest BCUT2D eigenvalue weighted by atomic mass is 9.68. The number of quaternary nitrogens is 1. The van der Waals surface area contributed by atoms with Crippen molar-refractivity contribution in [2.24, 2.45) is 5.41 Å². The van der Waals surface area contributed by atoms with Crippen molar-refractivity contribution in [3.8, 4) is 5.75 Å². The number of sulfone groups is 1. The van der Waals surface area contributed by atoms with Gasteiger partial charge >= 0.3 is 0 Å². The molecule has 0 aromatic heterocycles. The minimum atomic E-state index is -3.63. The van der Waals surface area contributed by atoms with Crippen LogP contribution in [0.2, 0.25) is 0 Å². The second-order valence-corrected chi connectivity index (χ2v) is 16.8. The second-order valence-electron chi connectivity index (χ2n) is 14.8. The van der Waals surface area contributed by atoms with Gasteiger partial charge in [-0.3, -0.25) is 4.90 Å². The number of aliphatic hydroxyl groups is 1. The summed E-state index contributed by atoms with van der Waals surface area (Å²) in [4.78, 5) is 6.57. The highest BCUT2D eigenvalue weighted by molar-refractivity contribution is 7.91. The van der Waals surface area contributed by atoms with Crippen molar-refractivity contribution in [3.05, 3.63) is 89.0 Å². The van der Waals surface area contributed by atoms with Gasteiger partial charge in [0.25, 0.3) is 0 Å². The Kier molecular flexibility index (Phi) is 12.9. The third kappa shape index (κ3) is 9.07. The summed E-state index contributed by atoms with van der Waals surface area (Å²) < 4.78 is 34.5. The molecule has 8 heteroatoms. The Morgan fingerprint density at radius 3 is 2.10 bits per heavy atom. The molecule has 2 heterocycles. The SMILES string of the molecule is CCCCC1(CCCC)CS(=O)(=O)c2ccc(N(C)C)cc2[C@@H](c2ccc(OCc3ccc(C[NH+]4CCN(CCC)CC4)cc3)cc2)[C@H]1O. The molecule has 0 bridgehead atoms. The Bertz CT molecular complexity index is 1570. The molecule has 2 atom stereocenters. The first-order chi connectivity index (χ1) is 23.6. The molecule has 2 N–H and O–H groups in total. The summed E-state index contributed by atoms with van der Waals surface area (Å²) >= 11 is 0. The van der Waals surface area contributed by atoms with E-state index in [9.17, 15) is 13.5 Å². The van der Waals surface area contributed by atoms with E-state index in [0.29, 0.717) is 29.9 Å². The number of piperazine rings is 1. The van der Waals surface area contributed by atoms with Gasteiger partial charge in [0.15, 0.2) is 9.84 Å². The first kappa shape index (κ1) is 37.3. The highest BCUT2D eigenvalue weighted by atomic mass is 32.2. The largest absolute Gasteiger partial charge is 0.489 e. The molecule has 0 radical (unpaired) electrons. The van der Waals surface area contributed by atoms with Gasteiger partial charge in [-0.15, -0.1) is 0 Å². The van der Waals surface area contributed by atoms with Crippen molar-refractivity contribution in [3.63, 3.8) is 0 Å². The lowest BCUT2D eigenvalue weighted by Crippen LogP contribution is -3.13. The summed E-state index contributed by atoms with van der Waals surface area (Å²) in [5, 5.41) is 12.4. The molecule has 1 fully saturated rings. The smallest absolute Gasteiger partial charge is 0.179 e. The van der Waals surface area contributed by atoms with E-state index in [4.69, 9.17) is 4.74 Å². The minimum Gasteiger partial charge on any atom is -0.489 e. The van der Waals surface area contributed by atoms with Crippen molar-refractivity contribution >= 4 is 15.5 Å². The Balaban J connectivity index is 1.35. The van der Waals surface area contributed by atoms with Gasteiger partial charge in [-0.2, -0.15) is 0 Å². The summed E-state index contributed by atoms with van der Waals surface area (Å²) in [6.07, 6.45) is 5.43. The molecule has 268 valence electrons. The lowest BCUT2D eigenvalue weighted by molar-refractivity contribution is -0.918. The first-order valence-electron chi connectivity index (χ1n) is 18.7. The second kappa shape index (κ2) is 16.9. The molecular formula is C41H60N3O4S+. The number of ether oxygens (including phenoxy) is 1. The topological polar surface area (TPSA) is 74.5 Å². The van der Waals surface area contributed by atoms with E-state index in [1.54, 1.807) is 11.0 Å². The lowest BCUT2D eigenvalue weighted by Gasteiger charge is -2.40. The number of unbranched alkanes of at least 4 members (excludes halogenated alkanes) is 2. The number of hydrogen-bond donors (Lipinski definition) is 2. The van der Waals surface area contributed by atoms with Crippen LogP contribution in [0.1, 0.15) is 93.9 Å². The summed E-state index contributed by atoms with van der Waals surface area (Å²) in [6.45, 7) is 14.0. The van der Waals surface area contributed by atoms with Crippen LogP contribution < -0.4 is 14.5 Å². The van der Waals surface area contributed by atoms with Gasteiger partial charge in [-0.1, -0.05) is 82.9 Å². The van der Waals surface area contributed by atoms with Gasteiger partial charge in [-0.05, 0) is 72.8 Å². The zero-order valence-corrected chi connectivity index (χ0v) is 31.4. The molecule has 5 rings (SSSR count). The van der Waals surface area contributed by atoms with Crippen LogP contribution in [0.4, 0.5) is 5.69 Å². The summed E-state index contributed by atoms with van der Waals surface area (Å²) in [6, 6.07) is 22.4. The summed E-state index contributed by atoms with van der Waals surface area (Å²) in [5.41, 5.74) is 4.28. The molecule has 1 saturated heterocycles. The number of nitrogens with zero attached hydrogens (tertiary/aromatic N) is 2. The molecule has 0 unspecified atom stereocenters. The average molecular weight is 691 g/mol. The predicted octanol–water partition coefficient (Wildman–Crippen LogP) is 6.09. The quantitative estimate of drug-likeness (QED) is 0.201. The van der Waals surface area contributed by atoms with Crippen LogP contribution in [0.25, 0.3) is 0 Å². The monoisotopic (exact) mass is 690 g/mol. The van der Waals surface area contributed by atoms with Crippen LogP contribution in [0, 0.1) is 5.41 Å². The maximum Gasteiger partial charge on any atom is 0.179 e. The van der Waals surface area contributed by atoms with Gasteiger partial charge in [-0.25, -0.2) is 8.42 Å². The van der Waals surface area contributed by atoms with Crippen molar-refractivity contribution in [2.45, 2.75) is 95.8 Å². The van der Waals surface area contributed by atoms with Crippen LogP contribution in [-0.4, -0.2) is 77.1 Å². The van der Waals surface area contributed by atoms with Gasteiger partial charge in [0.2, 0.25) is 0 Å². The van der Waals surface area contributed by atoms with Crippen LogP contribution in [-0.2, 0) is 23.0 Å². The molecule has 49 heavy (non-hydrogen) atoms. The van der Waals surface area contributed by atoms with Crippen molar-refractivity contribution < 1.29 is 23.2 Å². The number of benzene rings is 3. The Labute approximate surface area is 296 Å². The molecular weight excluding hydrogens is 631 g/mol. The fourth-order valence-corrected chi connectivity index (χ4v) is 10.1. The number of rotatable bonds is 15. The van der Waals surface area contributed by atoms with Gasteiger partial charge in [0.05, 0.1) is 29.8 Å². The third-order valence-corrected chi connectivity index (χ3v) is 12.9. The number of aliphatic hydroxyl groups excluding tert-OH is 1. The summed E-state index contributed by atoms with van der Waals surface area (Å²) in [5.74, 6) is 0.255. The molecule has 7 nitrogen and oxygen atoms in total. The normalized spacial score (nSPS) is 20.8. The standard InChI is InChI=1S/C41H59N3O4S/c1-6-9-21-41(22-10-7-2)31-49(46,47)38-20-17-35(42(4)5)28-37(38)39(40(41)45)34-15-18-36(19-16-34)48-30-33-13-11-32(12-14-33)29-44-26-24-43(23-8-3)25-27-44/h11-20,28,39-40,45H,6-10,21-27,29-31H2,1-5H3/p+1/t39-,40-/m1/s1. The van der Waals surface area contributed by atoms with Crippen LogP contribution in [0.3, 0.4) is 0 Å². The maximum atomic E-state index is 14.1. The van der Waals surface area contributed by atoms with Gasteiger partial charge in [0.1, 0.15) is 18.9 Å². The number of fused-ring (bicyclic) bond motifs is 1. The van der Waals surface area contributed by atoms with E-state index in [1.165, 1.54) is 44.7 Å². The molecule has 2 aliphatic rings. The highest BCUT2D eigenvalue weighted by Crippen LogP contribution is 2.50. The van der Waals surface area contributed by atoms with Crippen LogP contribution in [0.5, 0.6) is 5.75 Å². The number of hydrogen-bond acceptors (Lipinski definition) is 6. The first-order valence-corrected chi connectivity index (χ1v) is 20.3. The Hall–Kier alpha value is -2.91. The van der Waals surface area contributed by atoms with Crippen molar-refractivity contribution in [1.29, 1.82) is 0 Å². The maximum absolute atomic E-state index is 14.1. The van der Waals surface area contributed by atoms with E-state index < -0.39 is 27.3 Å². The molecule has 0 aliphatic carbocycles. The molecule has 2 aliphatic heterocycles. The van der Waals surface area contributed by atoms with Crippen molar-refractivity contribution in [2.75, 3.05) is 57.5 Å². The number of anilines is 1. The molecule has 0 saturated carbocycles. The van der Waals surface area contributed by atoms with Crippen molar-refractivity contribution in [1.82, 2.24) is 4.90 Å². The minimum absolute atomic E-state index is 0.0249. The zero-order valence-electron chi connectivity index (χ0n) is 30.6. The molecule has 3 aromatic carbocycles. The zero-order chi connectivity index (χ0) is 35.0. The fraction of sp³-hybridized carbons (Fsp3) is 0.561. The third-order valence-electron chi connectivity index (χ3n) is 10.9. The van der Waals surface area contributed by atoms with Crippen LogP contribution >= 0.6 is 0 Å². The Morgan fingerprint density at radius 1 is 0.878 bits per heavy atom. The number of nitrogens with one attached hydrogen (secondary N) is 1. The summed E-state index contributed by atoms with van der Waals surface area (Å²) in [7, 11) is 0.286. The van der Waals surface area contributed by atoms with Gasteiger partial charge in [0, 0.05) is 49.8 Å². The average Bonchev–Trinajstić information content (AvgIpc) is 3.17. The predicted molar refractivity (Wildman–Crippen MR) is 201 cm³/mol. The Morgan fingerprint density at radius 2 is 1.51 bits per heavy atom. The molecule has 0 amide bonds. The van der Waals surface area contributed by atoms with E-state index in [2.05, 4.69) is 49.9 Å².